The molecule has 6 nitrogen and oxygen atoms in total. The fraction of sp³-hybridized carbons (Fsp3) is 0.194. The lowest BCUT2D eigenvalue weighted by molar-refractivity contribution is 0.102. The molecular weight excluding hydrogens is 526 g/mol. The zero-order valence-electron chi connectivity index (χ0n) is 21.8. The predicted octanol–water partition coefficient (Wildman–Crippen LogP) is 5.91. The quantitative estimate of drug-likeness (QED) is 0.292. The molecule has 0 aliphatic carbocycles. The maximum Gasteiger partial charge on any atom is 0.255 e. The molecule has 4 aromatic carbocycles. The molecule has 4 aromatic rings. The Kier molecular flexibility index (Phi) is 8.47. The number of anilines is 1. The third kappa shape index (κ3) is 6.78. The van der Waals surface area contributed by atoms with Gasteiger partial charge in [0.25, 0.3) is 5.91 Å². The summed E-state index contributed by atoms with van der Waals surface area (Å²) in [6.45, 7) is 4.87. The topological polar surface area (TPSA) is 69.7 Å². The minimum atomic E-state index is -3.48. The van der Waals surface area contributed by atoms with Crippen molar-refractivity contribution in [1.82, 2.24) is 9.21 Å². The fourth-order valence-electron chi connectivity index (χ4n) is 4.48. The normalized spacial score (nSPS) is 14.7. The van der Waals surface area contributed by atoms with Gasteiger partial charge in [0, 0.05) is 48.1 Å². The first kappa shape index (κ1) is 27.1. The number of piperazine rings is 1. The van der Waals surface area contributed by atoms with Gasteiger partial charge in [0.15, 0.2) is 0 Å². The number of carbonyl (C=O) groups excluding carboxylic acids is 1. The van der Waals surface area contributed by atoms with E-state index in [4.69, 9.17) is 0 Å². The average molecular weight is 558 g/mol. The summed E-state index contributed by atoms with van der Waals surface area (Å²) in [6.07, 6.45) is 0. The van der Waals surface area contributed by atoms with Crippen LogP contribution in [0.3, 0.4) is 0 Å². The number of amides is 1. The molecule has 0 spiro atoms. The summed E-state index contributed by atoms with van der Waals surface area (Å²) in [4.78, 5) is 17.7. The molecule has 1 N–H and O–H groups in total. The zero-order valence-corrected chi connectivity index (χ0v) is 23.4. The van der Waals surface area contributed by atoms with Crippen LogP contribution in [0.1, 0.15) is 21.5 Å². The van der Waals surface area contributed by atoms with E-state index in [1.165, 1.54) is 0 Å². The Morgan fingerprint density at radius 2 is 1.44 bits per heavy atom. The molecule has 1 aliphatic heterocycles. The molecule has 39 heavy (non-hydrogen) atoms. The van der Waals surface area contributed by atoms with Crippen molar-refractivity contribution in [2.75, 3.05) is 31.5 Å². The van der Waals surface area contributed by atoms with Crippen LogP contribution in [0.25, 0.3) is 0 Å². The summed E-state index contributed by atoms with van der Waals surface area (Å²) >= 11 is 1.61. The van der Waals surface area contributed by atoms with Crippen molar-refractivity contribution < 1.29 is 13.2 Å². The molecule has 0 saturated carbocycles. The van der Waals surface area contributed by atoms with Crippen LogP contribution in [-0.2, 0) is 16.6 Å². The van der Waals surface area contributed by atoms with Crippen molar-refractivity contribution in [1.29, 1.82) is 0 Å². The van der Waals surface area contributed by atoms with E-state index in [2.05, 4.69) is 10.2 Å². The van der Waals surface area contributed by atoms with E-state index < -0.39 is 10.0 Å². The van der Waals surface area contributed by atoms with Crippen LogP contribution in [0.4, 0.5) is 5.69 Å². The first-order valence-electron chi connectivity index (χ1n) is 12.9. The summed E-state index contributed by atoms with van der Waals surface area (Å²) in [5, 5.41) is 3.05. The molecule has 8 heteroatoms. The van der Waals surface area contributed by atoms with Gasteiger partial charge in [0.2, 0.25) is 10.0 Å². The number of hydrogen-bond acceptors (Lipinski definition) is 5. The number of hydrogen-bond donors (Lipinski definition) is 1. The Balaban J connectivity index is 1.16. The largest absolute Gasteiger partial charge is 0.321 e. The molecule has 1 saturated heterocycles. The van der Waals surface area contributed by atoms with Gasteiger partial charge in [-0.25, -0.2) is 8.42 Å². The van der Waals surface area contributed by atoms with E-state index in [0.717, 1.165) is 26.6 Å². The van der Waals surface area contributed by atoms with Crippen molar-refractivity contribution in [3.05, 3.63) is 120 Å². The van der Waals surface area contributed by atoms with Crippen molar-refractivity contribution in [3.8, 4) is 0 Å². The smallest absolute Gasteiger partial charge is 0.255 e. The number of aryl methyl sites for hydroxylation is 1. The fourth-order valence-corrected chi connectivity index (χ4v) is 6.82. The van der Waals surface area contributed by atoms with Gasteiger partial charge in [-0.15, -0.1) is 0 Å². The summed E-state index contributed by atoms with van der Waals surface area (Å²) < 4.78 is 27.5. The van der Waals surface area contributed by atoms with Crippen LogP contribution >= 0.6 is 11.8 Å². The van der Waals surface area contributed by atoms with Gasteiger partial charge in [0.05, 0.1) is 10.6 Å². The Hall–Kier alpha value is -3.43. The van der Waals surface area contributed by atoms with Crippen molar-refractivity contribution in [2.24, 2.45) is 0 Å². The number of sulfonamides is 1. The molecule has 1 heterocycles. The van der Waals surface area contributed by atoms with Gasteiger partial charge in [-0.3, -0.25) is 9.69 Å². The first-order valence-corrected chi connectivity index (χ1v) is 15.2. The Morgan fingerprint density at radius 3 is 2.13 bits per heavy atom. The minimum absolute atomic E-state index is 0.155. The lowest BCUT2D eigenvalue weighted by Crippen LogP contribution is -2.48. The minimum Gasteiger partial charge on any atom is -0.321 e. The SMILES string of the molecule is Cc1ccc(S(=O)(=O)N2CCN(Cc3ccc(C(=O)Nc4ccccc4Sc4ccccc4)cc3)CC2)cc1. The highest BCUT2D eigenvalue weighted by Crippen LogP contribution is 2.33. The summed E-state index contributed by atoms with van der Waals surface area (Å²) in [5.41, 5.74) is 3.49. The van der Waals surface area contributed by atoms with Crippen LogP contribution in [0.2, 0.25) is 0 Å². The second-order valence-corrected chi connectivity index (χ2v) is 12.6. The molecular formula is C31H31N3O3S2. The maximum absolute atomic E-state index is 13.0. The van der Waals surface area contributed by atoms with Crippen LogP contribution < -0.4 is 5.32 Å². The number of benzene rings is 4. The van der Waals surface area contributed by atoms with Gasteiger partial charge >= 0.3 is 0 Å². The van der Waals surface area contributed by atoms with Crippen LogP contribution in [-0.4, -0.2) is 49.7 Å². The molecule has 0 bridgehead atoms. The van der Waals surface area contributed by atoms with Crippen molar-refractivity contribution in [3.63, 3.8) is 0 Å². The van der Waals surface area contributed by atoms with E-state index >= 15 is 0 Å². The van der Waals surface area contributed by atoms with E-state index in [0.29, 0.717) is 43.2 Å². The standard InChI is InChI=1S/C31H31N3O3S2/c1-24-11-17-28(18-12-24)39(36,37)34-21-19-33(20-22-34)23-25-13-15-26(16-14-25)31(35)32-29-9-5-6-10-30(29)38-27-7-3-2-4-8-27/h2-18H,19-23H2,1H3,(H,32,35). The van der Waals surface area contributed by atoms with Gasteiger partial charge in [-0.1, -0.05) is 71.9 Å². The molecule has 1 amide bonds. The molecule has 200 valence electrons. The van der Waals surface area contributed by atoms with Gasteiger partial charge in [0.1, 0.15) is 0 Å². The highest BCUT2D eigenvalue weighted by Gasteiger charge is 2.28. The number of carbonyl (C=O) groups is 1. The average Bonchev–Trinajstić information content (AvgIpc) is 2.95. The van der Waals surface area contributed by atoms with Crippen LogP contribution in [0, 0.1) is 6.92 Å². The van der Waals surface area contributed by atoms with Crippen molar-refractivity contribution in [2.45, 2.75) is 28.2 Å². The van der Waals surface area contributed by atoms with E-state index in [1.807, 2.05) is 97.9 Å². The van der Waals surface area contributed by atoms with Gasteiger partial charge in [-0.05, 0) is 61.0 Å². The summed E-state index contributed by atoms with van der Waals surface area (Å²) in [6, 6.07) is 32.5. The van der Waals surface area contributed by atoms with E-state index in [9.17, 15) is 13.2 Å². The summed E-state index contributed by atoms with van der Waals surface area (Å²) in [5.74, 6) is -0.155. The lowest BCUT2D eigenvalue weighted by atomic mass is 10.1. The molecule has 1 aliphatic rings. The van der Waals surface area contributed by atoms with Crippen LogP contribution in [0.5, 0.6) is 0 Å². The van der Waals surface area contributed by atoms with E-state index in [1.54, 1.807) is 28.2 Å². The maximum atomic E-state index is 13.0. The highest BCUT2D eigenvalue weighted by molar-refractivity contribution is 7.99. The monoisotopic (exact) mass is 557 g/mol. The van der Waals surface area contributed by atoms with Gasteiger partial charge in [-0.2, -0.15) is 4.31 Å². The number of para-hydroxylation sites is 1. The Labute approximate surface area is 234 Å². The van der Waals surface area contributed by atoms with Crippen molar-refractivity contribution >= 4 is 33.4 Å². The number of nitrogens with zero attached hydrogens (tertiary/aromatic N) is 2. The molecule has 0 atom stereocenters. The number of nitrogens with one attached hydrogen (secondary N) is 1. The second kappa shape index (κ2) is 12.2. The molecule has 1 fully saturated rings. The Morgan fingerprint density at radius 1 is 0.795 bits per heavy atom. The molecule has 0 unspecified atom stereocenters. The Bertz CT molecular complexity index is 1520. The third-order valence-electron chi connectivity index (χ3n) is 6.72. The first-order chi connectivity index (χ1) is 18.9. The third-order valence-corrected chi connectivity index (χ3v) is 9.72. The van der Waals surface area contributed by atoms with E-state index in [-0.39, 0.29) is 5.91 Å². The predicted molar refractivity (Wildman–Crippen MR) is 157 cm³/mol. The van der Waals surface area contributed by atoms with Gasteiger partial charge < -0.3 is 5.32 Å². The molecule has 5 rings (SSSR count). The summed E-state index contributed by atoms with van der Waals surface area (Å²) in [7, 11) is -3.48. The molecule has 0 aromatic heterocycles. The zero-order chi connectivity index (χ0) is 27.2. The highest BCUT2D eigenvalue weighted by atomic mass is 32.2. The second-order valence-electron chi connectivity index (χ2n) is 9.56. The van der Waals surface area contributed by atoms with Crippen LogP contribution in [0.15, 0.2) is 118 Å². The molecule has 0 radical (unpaired) electrons. The number of rotatable bonds is 8. The lowest BCUT2D eigenvalue weighted by Gasteiger charge is -2.34.